The summed E-state index contributed by atoms with van der Waals surface area (Å²) < 4.78 is 29.0. The van der Waals surface area contributed by atoms with E-state index in [1.54, 1.807) is 0 Å². The van der Waals surface area contributed by atoms with Crippen molar-refractivity contribution in [1.29, 1.82) is 0 Å². The molecule has 11 heavy (non-hydrogen) atoms. The van der Waals surface area contributed by atoms with Gasteiger partial charge in [-0.25, -0.2) is 0 Å². The highest BCUT2D eigenvalue weighted by atomic mass is 32.2. The minimum atomic E-state index is -3.79. The summed E-state index contributed by atoms with van der Waals surface area (Å²) in [4.78, 5) is 1.85. The Balaban J connectivity index is 3.72. The van der Waals surface area contributed by atoms with E-state index in [-0.39, 0.29) is 5.75 Å². The third-order valence-electron chi connectivity index (χ3n) is 1.58. The van der Waals surface area contributed by atoms with E-state index in [4.69, 9.17) is 4.55 Å². The summed E-state index contributed by atoms with van der Waals surface area (Å²) in [6.07, 6.45) is 0. The van der Waals surface area contributed by atoms with Crippen LogP contribution in [0.2, 0.25) is 0 Å². The Morgan fingerprint density at radius 1 is 1.45 bits per heavy atom. The lowest BCUT2D eigenvalue weighted by atomic mass is 10.3. The van der Waals surface area contributed by atoms with E-state index in [0.29, 0.717) is 12.6 Å². The Kier molecular flexibility index (Phi) is 3.99. The molecule has 0 bridgehead atoms. The Morgan fingerprint density at radius 2 is 1.91 bits per heavy atom. The van der Waals surface area contributed by atoms with Crippen LogP contribution in [0.4, 0.5) is 0 Å². The first-order chi connectivity index (χ1) is 4.83. The highest BCUT2D eigenvalue weighted by Crippen LogP contribution is 1.93. The number of rotatable bonds is 4. The SMILES string of the molecule is CC(C)N(C)CCS(=O)(=O)O. The van der Waals surface area contributed by atoms with Crippen LogP contribution in [-0.2, 0) is 10.1 Å². The van der Waals surface area contributed by atoms with Crippen LogP contribution in [0.3, 0.4) is 0 Å². The molecule has 0 aromatic rings. The van der Waals surface area contributed by atoms with E-state index in [0.717, 1.165) is 0 Å². The molecule has 0 saturated carbocycles. The lowest BCUT2D eigenvalue weighted by molar-refractivity contribution is 0.287. The van der Waals surface area contributed by atoms with Gasteiger partial charge in [0.2, 0.25) is 0 Å². The van der Waals surface area contributed by atoms with Gasteiger partial charge in [-0.3, -0.25) is 4.55 Å². The molecule has 0 radical (unpaired) electrons. The Morgan fingerprint density at radius 3 is 2.18 bits per heavy atom. The molecule has 0 unspecified atom stereocenters. The molecule has 0 amide bonds. The maximum absolute atomic E-state index is 10.3. The second-order valence-electron chi connectivity index (χ2n) is 2.86. The fraction of sp³-hybridized carbons (Fsp3) is 1.00. The van der Waals surface area contributed by atoms with Crippen molar-refractivity contribution in [3.63, 3.8) is 0 Å². The fourth-order valence-electron chi connectivity index (χ4n) is 0.518. The summed E-state index contributed by atoms with van der Waals surface area (Å²) in [6.45, 7) is 4.30. The third kappa shape index (κ3) is 6.28. The number of hydrogen-bond acceptors (Lipinski definition) is 3. The maximum atomic E-state index is 10.3. The average molecular weight is 181 g/mol. The largest absolute Gasteiger partial charge is 0.303 e. The quantitative estimate of drug-likeness (QED) is 0.630. The van der Waals surface area contributed by atoms with E-state index in [2.05, 4.69) is 0 Å². The molecule has 1 N–H and O–H groups in total. The van der Waals surface area contributed by atoms with Crippen molar-refractivity contribution in [2.75, 3.05) is 19.3 Å². The molecule has 0 rings (SSSR count). The molecule has 5 heteroatoms. The molecule has 4 nitrogen and oxygen atoms in total. The number of hydrogen-bond donors (Lipinski definition) is 1. The highest BCUT2D eigenvalue weighted by Gasteiger charge is 2.08. The van der Waals surface area contributed by atoms with Gasteiger partial charge in [-0.15, -0.1) is 0 Å². The van der Waals surface area contributed by atoms with Crippen LogP contribution in [0, 0.1) is 0 Å². The summed E-state index contributed by atoms with van der Waals surface area (Å²) in [6, 6.07) is 0.303. The van der Waals surface area contributed by atoms with E-state index in [1.807, 2.05) is 25.8 Å². The zero-order valence-corrected chi connectivity index (χ0v) is 7.93. The van der Waals surface area contributed by atoms with Crippen molar-refractivity contribution in [3.8, 4) is 0 Å². The molecular weight excluding hydrogens is 166 g/mol. The minimum absolute atomic E-state index is 0.193. The molecule has 0 heterocycles. The molecule has 0 aromatic carbocycles. The molecule has 0 atom stereocenters. The van der Waals surface area contributed by atoms with Gasteiger partial charge < -0.3 is 4.90 Å². The van der Waals surface area contributed by atoms with E-state index in [1.165, 1.54) is 0 Å². The normalized spacial score (nSPS) is 12.9. The molecule has 0 aliphatic heterocycles. The summed E-state index contributed by atoms with van der Waals surface area (Å²) in [7, 11) is -1.98. The van der Waals surface area contributed by atoms with Gasteiger partial charge in [-0.1, -0.05) is 0 Å². The van der Waals surface area contributed by atoms with Gasteiger partial charge in [0.25, 0.3) is 10.1 Å². The van der Waals surface area contributed by atoms with Gasteiger partial charge in [0.15, 0.2) is 0 Å². The van der Waals surface area contributed by atoms with Crippen LogP contribution in [0.15, 0.2) is 0 Å². The monoisotopic (exact) mass is 181 g/mol. The summed E-state index contributed by atoms with van der Waals surface area (Å²) in [5.74, 6) is -0.193. The Labute approximate surface area is 68.0 Å². The predicted octanol–water partition coefficient (Wildman–Crippen LogP) is 0.214. The van der Waals surface area contributed by atoms with Gasteiger partial charge >= 0.3 is 0 Å². The first-order valence-corrected chi connectivity index (χ1v) is 5.09. The topological polar surface area (TPSA) is 57.6 Å². The van der Waals surface area contributed by atoms with Crippen LogP contribution in [0.5, 0.6) is 0 Å². The zero-order chi connectivity index (χ0) is 9.07. The van der Waals surface area contributed by atoms with E-state index in [9.17, 15) is 8.42 Å². The van der Waals surface area contributed by atoms with Gasteiger partial charge in [0, 0.05) is 12.6 Å². The second-order valence-corrected chi connectivity index (χ2v) is 4.43. The van der Waals surface area contributed by atoms with Gasteiger partial charge in [-0.05, 0) is 20.9 Å². The van der Waals surface area contributed by atoms with Crippen molar-refractivity contribution in [1.82, 2.24) is 4.90 Å². The molecule has 0 fully saturated rings. The lowest BCUT2D eigenvalue weighted by Crippen LogP contribution is -2.31. The first-order valence-electron chi connectivity index (χ1n) is 3.48. The Hall–Kier alpha value is -0.130. The zero-order valence-electron chi connectivity index (χ0n) is 7.11. The standard InChI is InChI=1S/C6H15NO3S/c1-6(2)7(3)4-5-11(8,9)10/h6H,4-5H2,1-3H3,(H,8,9,10). The van der Waals surface area contributed by atoms with Crippen molar-refractivity contribution < 1.29 is 13.0 Å². The van der Waals surface area contributed by atoms with Crippen molar-refractivity contribution in [2.45, 2.75) is 19.9 Å². The van der Waals surface area contributed by atoms with Crippen molar-refractivity contribution in [2.24, 2.45) is 0 Å². The lowest BCUT2D eigenvalue weighted by Gasteiger charge is -2.19. The number of nitrogens with zero attached hydrogens (tertiary/aromatic N) is 1. The average Bonchev–Trinajstić information content (AvgIpc) is 1.80. The van der Waals surface area contributed by atoms with Crippen LogP contribution >= 0.6 is 0 Å². The molecule has 0 aliphatic rings. The predicted molar refractivity (Wildman–Crippen MR) is 44.2 cm³/mol. The molecule has 0 saturated heterocycles. The molecule has 0 aromatic heterocycles. The van der Waals surface area contributed by atoms with Gasteiger partial charge in [0.1, 0.15) is 0 Å². The molecular formula is C6H15NO3S. The second kappa shape index (κ2) is 4.04. The van der Waals surface area contributed by atoms with Crippen molar-refractivity contribution >= 4 is 10.1 Å². The van der Waals surface area contributed by atoms with Gasteiger partial charge in [-0.2, -0.15) is 8.42 Å². The van der Waals surface area contributed by atoms with Crippen molar-refractivity contribution in [3.05, 3.63) is 0 Å². The molecule has 0 spiro atoms. The fourth-order valence-corrected chi connectivity index (χ4v) is 1.04. The van der Waals surface area contributed by atoms with Crippen LogP contribution in [0.1, 0.15) is 13.8 Å². The smallest absolute Gasteiger partial charge is 0.266 e. The summed E-state index contributed by atoms with van der Waals surface area (Å²) in [5.41, 5.74) is 0. The third-order valence-corrected chi connectivity index (χ3v) is 2.28. The Bertz CT molecular complexity index is 198. The van der Waals surface area contributed by atoms with Crippen LogP contribution in [0.25, 0.3) is 0 Å². The minimum Gasteiger partial charge on any atom is -0.303 e. The first kappa shape index (κ1) is 10.9. The van der Waals surface area contributed by atoms with Gasteiger partial charge in [0.05, 0.1) is 5.75 Å². The van der Waals surface area contributed by atoms with E-state index >= 15 is 0 Å². The molecule has 0 aliphatic carbocycles. The molecule has 68 valence electrons. The van der Waals surface area contributed by atoms with Crippen LogP contribution < -0.4 is 0 Å². The van der Waals surface area contributed by atoms with Crippen LogP contribution in [-0.4, -0.2) is 43.3 Å². The van der Waals surface area contributed by atoms with E-state index < -0.39 is 10.1 Å². The highest BCUT2D eigenvalue weighted by molar-refractivity contribution is 7.85. The summed E-state index contributed by atoms with van der Waals surface area (Å²) in [5, 5.41) is 0. The summed E-state index contributed by atoms with van der Waals surface area (Å²) >= 11 is 0. The maximum Gasteiger partial charge on any atom is 0.266 e.